The summed E-state index contributed by atoms with van der Waals surface area (Å²) in [5.41, 5.74) is 0. The van der Waals surface area contributed by atoms with Crippen LogP contribution in [0.3, 0.4) is 0 Å². The van der Waals surface area contributed by atoms with Gasteiger partial charge in [0, 0.05) is 10.7 Å². The summed E-state index contributed by atoms with van der Waals surface area (Å²) in [6.07, 6.45) is 0.101. The van der Waals surface area contributed by atoms with Gasteiger partial charge in [-0.3, -0.25) is 0 Å². The van der Waals surface area contributed by atoms with Crippen molar-refractivity contribution in [2.45, 2.75) is 20.2 Å². The largest absolute Gasteiger partial charge is 0.396 e. The van der Waals surface area contributed by atoms with Crippen molar-refractivity contribution in [1.82, 2.24) is 0 Å². The van der Waals surface area contributed by atoms with Gasteiger partial charge in [-0.25, -0.2) is 0 Å². The summed E-state index contributed by atoms with van der Waals surface area (Å²) < 4.78 is 20.4. The van der Waals surface area contributed by atoms with Gasteiger partial charge in [0.15, 0.2) is 0 Å². The summed E-state index contributed by atoms with van der Waals surface area (Å²) in [5.74, 6) is -0.113. The van der Waals surface area contributed by atoms with E-state index in [2.05, 4.69) is 0 Å². The van der Waals surface area contributed by atoms with E-state index in [-0.39, 0.29) is 18.9 Å². The molecule has 0 heterocycles. The molecule has 38 valence electrons. The SMILES string of the molecule is [2H]C([2H])([2H])CC(C)CO. The monoisotopic (exact) mass is 91.1 g/mol. The zero-order chi connectivity index (χ0) is 7.49. The molecule has 0 saturated heterocycles. The van der Waals surface area contributed by atoms with Gasteiger partial charge in [0.1, 0.15) is 0 Å². The summed E-state index contributed by atoms with van der Waals surface area (Å²) in [6.45, 7) is -0.215. The maximum Gasteiger partial charge on any atom is 0.0456 e. The van der Waals surface area contributed by atoms with Crippen LogP contribution in [-0.2, 0) is 0 Å². The van der Waals surface area contributed by atoms with E-state index in [1.54, 1.807) is 6.92 Å². The first-order valence-corrected chi connectivity index (χ1v) is 2.06. The predicted octanol–water partition coefficient (Wildman–Crippen LogP) is 1.02. The van der Waals surface area contributed by atoms with E-state index in [4.69, 9.17) is 9.22 Å². The van der Waals surface area contributed by atoms with Crippen LogP contribution in [0.5, 0.6) is 0 Å². The van der Waals surface area contributed by atoms with E-state index in [0.29, 0.717) is 0 Å². The maximum absolute atomic E-state index is 8.45. The van der Waals surface area contributed by atoms with Crippen LogP contribution in [0.2, 0.25) is 0 Å². The first-order valence-electron chi connectivity index (χ1n) is 3.56. The van der Waals surface area contributed by atoms with Crippen LogP contribution in [-0.4, -0.2) is 11.7 Å². The molecule has 0 aliphatic carbocycles. The van der Waals surface area contributed by atoms with E-state index in [0.717, 1.165) is 0 Å². The average Bonchev–Trinajstić information content (AvgIpc) is 1.62. The molecular formula is C5H12O. The lowest BCUT2D eigenvalue weighted by Gasteiger charge is -1.98. The highest BCUT2D eigenvalue weighted by Crippen LogP contribution is 1.95. The molecule has 0 aromatic carbocycles. The Labute approximate surface area is 43.2 Å². The molecule has 0 rings (SSSR count). The molecule has 1 nitrogen and oxygen atoms in total. The molecule has 1 atom stereocenters. The first kappa shape index (κ1) is 2.31. The van der Waals surface area contributed by atoms with Gasteiger partial charge in [0.25, 0.3) is 0 Å². The van der Waals surface area contributed by atoms with Gasteiger partial charge in [-0.2, -0.15) is 0 Å². The Bertz CT molecular complexity index is 78.8. The summed E-state index contributed by atoms with van der Waals surface area (Å²) in [4.78, 5) is 0. The van der Waals surface area contributed by atoms with E-state index in [9.17, 15) is 0 Å². The third kappa shape index (κ3) is 2.21. The minimum absolute atomic E-state index is 0.0433. The van der Waals surface area contributed by atoms with Crippen LogP contribution in [0.1, 0.15) is 24.3 Å². The molecule has 0 radical (unpaired) electrons. The van der Waals surface area contributed by atoms with Crippen LogP contribution >= 0.6 is 0 Å². The summed E-state index contributed by atoms with van der Waals surface area (Å²) in [6, 6.07) is 0. The van der Waals surface area contributed by atoms with Crippen LogP contribution in [0.15, 0.2) is 0 Å². The molecule has 0 spiro atoms. The van der Waals surface area contributed by atoms with Gasteiger partial charge >= 0.3 is 0 Å². The molecule has 0 saturated carbocycles. The molecule has 0 aliphatic rings. The van der Waals surface area contributed by atoms with Gasteiger partial charge in [-0.1, -0.05) is 20.2 Å². The predicted molar refractivity (Wildman–Crippen MR) is 26.5 cm³/mol. The van der Waals surface area contributed by atoms with Crippen LogP contribution in [0.25, 0.3) is 0 Å². The molecule has 0 amide bonds. The van der Waals surface area contributed by atoms with Gasteiger partial charge < -0.3 is 5.11 Å². The van der Waals surface area contributed by atoms with Crippen molar-refractivity contribution >= 4 is 0 Å². The zero-order valence-corrected chi connectivity index (χ0v) is 3.94. The van der Waals surface area contributed by atoms with Crippen molar-refractivity contribution in [2.24, 2.45) is 5.92 Å². The number of hydrogen-bond acceptors (Lipinski definition) is 1. The van der Waals surface area contributed by atoms with E-state index < -0.39 is 6.85 Å². The minimum Gasteiger partial charge on any atom is -0.396 e. The highest BCUT2D eigenvalue weighted by atomic mass is 16.3. The fraction of sp³-hybridized carbons (Fsp3) is 1.00. The Balaban J connectivity index is 3.47. The molecule has 0 aromatic rings. The maximum atomic E-state index is 8.45. The third-order valence-corrected chi connectivity index (χ3v) is 0.660. The fourth-order valence-electron chi connectivity index (χ4n) is 0.0645. The Morgan fingerprint density at radius 1 is 2.00 bits per heavy atom. The van der Waals surface area contributed by atoms with Crippen molar-refractivity contribution in [2.75, 3.05) is 6.61 Å². The van der Waals surface area contributed by atoms with Crippen LogP contribution in [0, 0.1) is 5.92 Å². The Morgan fingerprint density at radius 2 is 2.67 bits per heavy atom. The second-order valence-electron chi connectivity index (χ2n) is 1.49. The lowest BCUT2D eigenvalue weighted by molar-refractivity contribution is 0.234. The Kier molecular flexibility index (Phi) is 1.22. The lowest BCUT2D eigenvalue weighted by atomic mass is 10.1. The minimum atomic E-state index is -1.89. The molecule has 1 heteroatoms. The molecular weight excluding hydrogens is 76.1 g/mol. The van der Waals surface area contributed by atoms with Gasteiger partial charge in [-0.05, 0) is 5.92 Å². The van der Waals surface area contributed by atoms with E-state index in [1.165, 1.54) is 0 Å². The highest BCUT2D eigenvalue weighted by molar-refractivity contribution is 4.41. The van der Waals surface area contributed by atoms with Crippen LogP contribution < -0.4 is 0 Å². The number of aliphatic hydroxyl groups is 1. The fourth-order valence-corrected chi connectivity index (χ4v) is 0.0645. The van der Waals surface area contributed by atoms with Gasteiger partial charge in [0.2, 0.25) is 0 Å². The molecule has 0 bridgehead atoms. The molecule has 6 heavy (non-hydrogen) atoms. The number of hydrogen-bond donors (Lipinski definition) is 1. The molecule has 0 aromatic heterocycles. The van der Waals surface area contributed by atoms with Crippen molar-refractivity contribution < 1.29 is 9.22 Å². The first-order chi connectivity index (χ1) is 3.95. The van der Waals surface area contributed by atoms with E-state index >= 15 is 0 Å². The molecule has 1 N–H and O–H groups in total. The third-order valence-electron chi connectivity index (χ3n) is 0.660. The van der Waals surface area contributed by atoms with Crippen molar-refractivity contribution in [3.8, 4) is 0 Å². The quantitative estimate of drug-likeness (QED) is 0.538. The molecule has 0 aliphatic heterocycles. The normalized spacial score (nSPS) is 24.0. The average molecular weight is 91.2 g/mol. The van der Waals surface area contributed by atoms with Crippen molar-refractivity contribution in [3.63, 3.8) is 0 Å². The van der Waals surface area contributed by atoms with Crippen LogP contribution in [0.4, 0.5) is 0 Å². The number of aliphatic hydroxyl groups excluding tert-OH is 1. The van der Waals surface area contributed by atoms with Crippen molar-refractivity contribution in [3.05, 3.63) is 0 Å². The Hall–Kier alpha value is -0.0400. The topological polar surface area (TPSA) is 20.2 Å². The summed E-state index contributed by atoms with van der Waals surface area (Å²) in [5, 5.41) is 8.45. The standard InChI is InChI=1S/C5H12O/c1-3-5(2)4-6/h5-6H,3-4H2,1-2H3/i1D3. The second-order valence-corrected chi connectivity index (χ2v) is 1.49. The molecule has 0 fully saturated rings. The Morgan fingerprint density at radius 3 is 2.83 bits per heavy atom. The van der Waals surface area contributed by atoms with E-state index in [1.807, 2.05) is 0 Å². The second kappa shape index (κ2) is 3.16. The lowest BCUT2D eigenvalue weighted by Crippen LogP contribution is -1.96. The molecule has 1 unspecified atom stereocenters. The smallest absolute Gasteiger partial charge is 0.0456 e. The summed E-state index contributed by atoms with van der Waals surface area (Å²) in [7, 11) is 0. The van der Waals surface area contributed by atoms with Gasteiger partial charge in [0.05, 0.1) is 0 Å². The van der Waals surface area contributed by atoms with Gasteiger partial charge in [-0.15, -0.1) is 0 Å². The van der Waals surface area contributed by atoms with Crippen molar-refractivity contribution in [1.29, 1.82) is 0 Å². The summed E-state index contributed by atoms with van der Waals surface area (Å²) >= 11 is 0. The zero-order valence-electron chi connectivity index (χ0n) is 6.94. The number of rotatable bonds is 2. The highest BCUT2D eigenvalue weighted by Gasteiger charge is 1.90.